The fourth-order valence-electron chi connectivity index (χ4n) is 2.55. The zero-order chi connectivity index (χ0) is 20.4. The number of hydrogen-bond donors (Lipinski definition) is 0. The number of nitrogens with zero attached hydrogens (tertiary/aromatic N) is 2. The minimum absolute atomic E-state index is 0.0917. The fourth-order valence-corrected chi connectivity index (χ4v) is 2.55. The Hall–Kier alpha value is -2.97. The van der Waals surface area contributed by atoms with Gasteiger partial charge in [0.15, 0.2) is 0 Å². The molecule has 0 fully saturated rings. The molecule has 1 aromatic heterocycles. The molecule has 0 aliphatic carbocycles. The van der Waals surface area contributed by atoms with Crippen LogP contribution in [0.25, 0.3) is 0 Å². The Labute approximate surface area is 156 Å². The van der Waals surface area contributed by atoms with E-state index >= 15 is 0 Å². The zero-order valence-corrected chi connectivity index (χ0v) is 14.3. The first kappa shape index (κ1) is 19.8. The third-order valence-electron chi connectivity index (χ3n) is 3.90. The van der Waals surface area contributed by atoms with Crippen LogP contribution in [-0.4, -0.2) is 9.55 Å². The summed E-state index contributed by atoms with van der Waals surface area (Å²) < 4.78 is 84.5. The van der Waals surface area contributed by atoms with E-state index in [4.69, 9.17) is 4.74 Å². The molecule has 3 rings (SSSR count). The average molecular weight is 400 g/mol. The molecule has 0 unspecified atom stereocenters. The van der Waals surface area contributed by atoms with Crippen LogP contribution in [0.1, 0.15) is 22.3 Å². The van der Waals surface area contributed by atoms with Crippen molar-refractivity contribution in [3.05, 3.63) is 83.4 Å². The first-order valence-corrected chi connectivity index (χ1v) is 8.07. The molecular formula is C19H14F6N2O. The summed E-state index contributed by atoms with van der Waals surface area (Å²) >= 11 is 0. The van der Waals surface area contributed by atoms with Crippen LogP contribution >= 0.6 is 0 Å². The smallest absolute Gasteiger partial charge is 0.416 e. The van der Waals surface area contributed by atoms with Crippen molar-refractivity contribution in [3.63, 3.8) is 0 Å². The topological polar surface area (TPSA) is 27.1 Å². The van der Waals surface area contributed by atoms with Gasteiger partial charge in [-0.2, -0.15) is 26.3 Å². The molecule has 2 aromatic carbocycles. The van der Waals surface area contributed by atoms with E-state index in [0.29, 0.717) is 24.4 Å². The van der Waals surface area contributed by atoms with Crippen LogP contribution in [0.5, 0.6) is 5.75 Å². The minimum atomic E-state index is -4.88. The Morgan fingerprint density at radius 2 is 1.43 bits per heavy atom. The van der Waals surface area contributed by atoms with Crippen molar-refractivity contribution in [2.45, 2.75) is 25.5 Å². The van der Waals surface area contributed by atoms with E-state index in [9.17, 15) is 26.3 Å². The Kier molecular flexibility index (Phi) is 5.35. The Morgan fingerprint density at radius 3 is 1.93 bits per heavy atom. The number of aromatic nitrogens is 2. The maximum atomic E-state index is 12.9. The highest BCUT2D eigenvalue weighted by Gasteiger charge is 2.36. The summed E-state index contributed by atoms with van der Waals surface area (Å²) in [6, 6.07) is 8.11. The standard InChI is InChI=1S/C19H14F6N2O/c20-18(21,22)15-7-14(8-16(9-15)19(23,24)25)11-28-17-3-1-13(2-4-17)10-27-6-5-26-12-27/h1-9,12H,10-11H2. The molecule has 3 nitrogen and oxygen atoms in total. The molecule has 0 bridgehead atoms. The van der Waals surface area contributed by atoms with Crippen molar-refractivity contribution in [1.82, 2.24) is 9.55 Å². The normalized spacial score (nSPS) is 12.2. The van der Waals surface area contributed by atoms with Gasteiger partial charge in [0.2, 0.25) is 0 Å². The number of benzene rings is 2. The Balaban J connectivity index is 1.73. The fraction of sp³-hybridized carbons (Fsp3) is 0.211. The highest BCUT2D eigenvalue weighted by atomic mass is 19.4. The van der Waals surface area contributed by atoms with Crippen LogP contribution in [0.4, 0.5) is 26.3 Å². The van der Waals surface area contributed by atoms with Gasteiger partial charge < -0.3 is 9.30 Å². The van der Waals surface area contributed by atoms with Gasteiger partial charge in [0, 0.05) is 18.9 Å². The van der Waals surface area contributed by atoms with Crippen LogP contribution in [0.2, 0.25) is 0 Å². The number of rotatable bonds is 5. The maximum absolute atomic E-state index is 12.9. The third kappa shape index (κ3) is 5.05. The van der Waals surface area contributed by atoms with Gasteiger partial charge in [0.1, 0.15) is 12.4 Å². The second kappa shape index (κ2) is 7.57. The summed E-state index contributed by atoms with van der Waals surface area (Å²) in [5.41, 5.74) is -2.01. The molecule has 0 saturated heterocycles. The summed E-state index contributed by atoms with van der Waals surface area (Å²) in [5.74, 6) is 0.334. The third-order valence-corrected chi connectivity index (χ3v) is 3.90. The number of alkyl halides is 6. The average Bonchev–Trinajstić information content (AvgIpc) is 3.12. The lowest BCUT2D eigenvalue weighted by Crippen LogP contribution is -2.12. The molecule has 1 heterocycles. The second-order valence-corrected chi connectivity index (χ2v) is 6.08. The minimum Gasteiger partial charge on any atom is -0.489 e. The molecule has 0 aliphatic heterocycles. The molecule has 0 saturated carbocycles. The van der Waals surface area contributed by atoms with Gasteiger partial charge in [0.05, 0.1) is 17.5 Å². The van der Waals surface area contributed by atoms with Crippen LogP contribution in [-0.2, 0) is 25.5 Å². The van der Waals surface area contributed by atoms with E-state index in [-0.39, 0.29) is 11.6 Å². The molecule has 9 heteroatoms. The molecular weight excluding hydrogens is 386 g/mol. The lowest BCUT2D eigenvalue weighted by atomic mass is 10.1. The molecule has 148 valence electrons. The maximum Gasteiger partial charge on any atom is 0.416 e. The predicted octanol–water partition coefficient (Wildman–Crippen LogP) is 5.55. The quantitative estimate of drug-likeness (QED) is 0.525. The van der Waals surface area contributed by atoms with Gasteiger partial charge in [0.25, 0.3) is 0 Å². The van der Waals surface area contributed by atoms with Gasteiger partial charge in [-0.3, -0.25) is 0 Å². The van der Waals surface area contributed by atoms with Crippen LogP contribution < -0.4 is 4.74 Å². The van der Waals surface area contributed by atoms with Gasteiger partial charge in [-0.15, -0.1) is 0 Å². The van der Waals surface area contributed by atoms with Crippen molar-refractivity contribution >= 4 is 0 Å². The number of ether oxygens (including phenoxy) is 1. The van der Waals surface area contributed by atoms with E-state index < -0.39 is 30.1 Å². The van der Waals surface area contributed by atoms with Crippen molar-refractivity contribution in [2.24, 2.45) is 0 Å². The van der Waals surface area contributed by atoms with Gasteiger partial charge in [-0.25, -0.2) is 4.98 Å². The van der Waals surface area contributed by atoms with Crippen molar-refractivity contribution < 1.29 is 31.1 Å². The van der Waals surface area contributed by atoms with E-state index in [2.05, 4.69) is 4.98 Å². The highest BCUT2D eigenvalue weighted by Crippen LogP contribution is 2.36. The SMILES string of the molecule is FC(F)(F)c1cc(COc2ccc(Cn3ccnc3)cc2)cc(C(F)(F)F)c1. The van der Waals surface area contributed by atoms with Gasteiger partial charge in [-0.1, -0.05) is 12.1 Å². The van der Waals surface area contributed by atoms with Gasteiger partial charge in [-0.05, 0) is 41.5 Å². The molecule has 0 aliphatic rings. The first-order chi connectivity index (χ1) is 13.1. The van der Waals surface area contributed by atoms with Crippen LogP contribution in [0, 0.1) is 0 Å². The lowest BCUT2D eigenvalue weighted by molar-refractivity contribution is -0.143. The van der Waals surface area contributed by atoms with E-state index in [1.807, 2.05) is 4.57 Å². The number of hydrogen-bond acceptors (Lipinski definition) is 2. The molecule has 0 atom stereocenters. The number of halogens is 6. The molecule has 0 radical (unpaired) electrons. The van der Waals surface area contributed by atoms with Crippen LogP contribution in [0.15, 0.2) is 61.2 Å². The predicted molar refractivity (Wildman–Crippen MR) is 88.5 cm³/mol. The molecule has 3 aromatic rings. The Morgan fingerprint density at radius 1 is 0.821 bits per heavy atom. The first-order valence-electron chi connectivity index (χ1n) is 8.07. The number of imidazole rings is 1. The summed E-state index contributed by atoms with van der Waals surface area (Å²) in [5, 5.41) is 0. The van der Waals surface area contributed by atoms with E-state index in [1.54, 1.807) is 43.0 Å². The van der Waals surface area contributed by atoms with Crippen molar-refractivity contribution in [3.8, 4) is 5.75 Å². The lowest BCUT2D eigenvalue weighted by Gasteiger charge is -2.15. The monoisotopic (exact) mass is 400 g/mol. The largest absolute Gasteiger partial charge is 0.489 e. The summed E-state index contributed by atoms with van der Waals surface area (Å²) in [4.78, 5) is 3.93. The van der Waals surface area contributed by atoms with E-state index in [1.165, 1.54) is 0 Å². The van der Waals surface area contributed by atoms with E-state index in [0.717, 1.165) is 5.56 Å². The van der Waals surface area contributed by atoms with Crippen molar-refractivity contribution in [1.29, 1.82) is 0 Å². The molecule has 0 amide bonds. The summed E-state index contributed by atoms with van der Waals surface area (Å²) in [7, 11) is 0. The van der Waals surface area contributed by atoms with Gasteiger partial charge >= 0.3 is 12.4 Å². The molecule has 28 heavy (non-hydrogen) atoms. The summed E-state index contributed by atoms with van der Waals surface area (Å²) in [6.45, 7) is 0.150. The Bertz CT molecular complexity index is 883. The highest BCUT2D eigenvalue weighted by molar-refractivity contribution is 5.34. The molecule has 0 spiro atoms. The zero-order valence-electron chi connectivity index (χ0n) is 14.3. The summed E-state index contributed by atoms with van der Waals surface area (Å²) in [6.07, 6.45) is -4.69. The molecule has 0 N–H and O–H groups in total. The van der Waals surface area contributed by atoms with Crippen LogP contribution in [0.3, 0.4) is 0 Å². The second-order valence-electron chi connectivity index (χ2n) is 6.08. The van der Waals surface area contributed by atoms with Crippen molar-refractivity contribution in [2.75, 3.05) is 0 Å².